The summed E-state index contributed by atoms with van der Waals surface area (Å²) in [4.78, 5) is 0. The van der Waals surface area contributed by atoms with E-state index < -0.39 is 0 Å². The summed E-state index contributed by atoms with van der Waals surface area (Å²) < 4.78 is 0. The van der Waals surface area contributed by atoms with Gasteiger partial charge in [0.15, 0.2) is 0 Å². The highest BCUT2D eigenvalue weighted by molar-refractivity contribution is 6.14. The Balaban J connectivity index is 1.78. The van der Waals surface area contributed by atoms with Crippen molar-refractivity contribution >= 4 is 21.5 Å². The molecule has 0 radical (unpaired) electrons. The summed E-state index contributed by atoms with van der Waals surface area (Å²) in [6.07, 6.45) is 0. The maximum Gasteiger partial charge on any atom is -0.00143 e. The van der Waals surface area contributed by atoms with Crippen LogP contribution in [-0.4, -0.2) is 0 Å². The third-order valence-corrected chi connectivity index (χ3v) is 6.83. The van der Waals surface area contributed by atoms with E-state index in [1.54, 1.807) is 0 Å². The predicted octanol–water partition coefficient (Wildman–Crippen LogP) is 9.61. The van der Waals surface area contributed by atoms with Crippen LogP contribution < -0.4 is 0 Å². The molecule has 0 saturated carbocycles. The molecule has 0 heteroatoms. The van der Waals surface area contributed by atoms with Crippen LogP contribution in [0.25, 0.3) is 54.9 Å². The largest absolute Gasteiger partial charge is 0.0616 e. The number of hydrogen-bond acceptors (Lipinski definition) is 0. The Morgan fingerprint density at radius 1 is 0.353 bits per heavy atom. The first-order valence-corrected chi connectivity index (χ1v) is 11.9. The second kappa shape index (κ2) is 8.32. The van der Waals surface area contributed by atoms with Gasteiger partial charge >= 0.3 is 0 Å². The molecule has 0 nitrogen and oxygen atoms in total. The van der Waals surface area contributed by atoms with Gasteiger partial charge in [-0.1, -0.05) is 132 Å². The molecular formula is C34H26. The van der Waals surface area contributed by atoms with Gasteiger partial charge in [-0.3, -0.25) is 0 Å². The Kier molecular flexibility index (Phi) is 5.00. The van der Waals surface area contributed by atoms with Crippen molar-refractivity contribution in [2.45, 2.75) is 13.8 Å². The lowest BCUT2D eigenvalue weighted by Crippen LogP contribution is -1.93. The van der Waals surface area contributed by atoms with Crippen LogP contribution in [0.4, 0.5) is 0 Å². The first-order chi connectivity index (χ1) is 16.7. The van der Waals surface area contributed by atoms with Crippen LogP contribution in [0.15, 0.2) is 121 Å². The van der Waals surface area contributed by atoms with Crippen molar-refractivity contribution in [2.75, 3.05) is 0 Å². The summed E-state index contributed by atoms with van der Waals surface area (Å²) in [5, 5.41) is 5.09. The van der Waals surface area contributed by atoms with Gasteiger partial charge in [0.05, 0.1) is 0 Å². The number of benzene rings is 6. The average molecular weight is 435 g/mol. The Labute approximate surface area is 201 Å². The monoisotopic (exact) mass is 434 g/mol. The Hall–Kier alpha value is -4.16. The van der Waals surface area contributed by atoms with Gasteiger partial charge in [-0.25, -0.2) is 0 Å². The number of aryl methyl sites for hydroxylation is 2. The molecule has 0 saturated heterocycles. The standard InChI is InChI=1S/C34H26/c1-23-11-15-27(16-12-23)31-21-19-25-7-3-5-9-29(25)33(31)34-30-10-6-4-8-26(30)20-22-32(34)28-17-13-24(2)14-18-28/h3-22H,1-2H3. The molecule has 0 fully saturated rings. The fourth-order valence-corrected chi connectivity index (χ4v) is 5.03. The first-order valence-electron chi connectivity index (χ1n) is 11.9. The fraction of sp³-hybridized carbons (Fsp3) is 0.0588. The van der Waals surface area contributed by atoms with Crippen LogP contribution in [0.5, 0.6) is 0 Å². The molecule has 34 heavy (non-hydrogen) atoms. The highest BCUT2D eigenvalue weighted by atomic mass is 14.2. The second-order valence-corrected chi connectivity index (χ2v) is 9.15. The molecule has 0 aliphatic rings. The van der Waals surface area contributed by atoms with E-state index in [0.29, 0.717) is 0 Å². The molecule has 0 atom stereocenters. The molecule has 0 aliphatic carbocycles. The van der Waals surface area contributed by atoms with Crippen molar-refractivity contribution in [2.24, 2.45) is 0 Å². The predicted molar refractivity (Wildman–Crippen MR) is 147 cm³/mol. The smallest absolute Gasteiger partial charge is 0.00143 e. The molecule has 0 unspecified atom stereocenters. The molecule has 0 bridgehead atoms. The lowest BCUT2D eigenvalue weighted by Gasteiger charge is -2.20. The van der Waals surface area contributed by atoms with Gasteiger partial charge in [0.2, 0.25) is 0 Å². The lowest BCUT2D eigenvalue weighted by molar-refractivity contribution is 1.47. The van der Waals surface area contributed by atoms with Gasteiger partial charge in [-0.2, -0.15) is 0 Å². The maximum atomic E-state index is 2.29. The van der Waals surface area contributed by atoms with Gasteiger partial charge in [0.25, 0.3) is 0 Å². The van der Waals surface area contributed by atoms with Crippen LogP contribution in [-0.2, 0) is 0 Å². The van der Waals surface area contributed by atoms with Crippen LogP contribution in [0.3, 0.4) is 0 Å². The summed E-state index contributed by atoms with van der Waals surface area (Å²) >= 11 is 0. The minimum Gasteiger partial charge on any atom is -0.0616 e. The van der Waals surface area contributed by atoms with E-state index in [9.17, 15) is 0 Å². The van der Waals surface area contributed by atoms with Crippen molar-refractivity contribution in [3.63, 3.8) is 0 Å². The Bertz CT molecular complexity index is 1510. The summed E-state index contributed by atoms with van der Waals surface area (Å²) in [6.45, 7) is 4.29. The molecule has 0 heterocycles. The minimum atomic E-state index is 1.24. The third kappa shape index (κ3) is 3.49. The Morgan fingerprint density at radius 2 is 0.735 bits per heavy atom. The van der Waals surface area contributed by atoms with E-state index >= 15 is 0 Å². The zero-order valence-corrected chi connectivity index (χ0v) is 19.5. The van der Waals surface area contributed by atoms with E-state index in [2.05, 4.69) is 135 Å². The van der Waals surface area contributed by atoms with E-state index in [0.717, 1.165) is 0 Å². The topological polar surface area (TPSA) is 0 Å². The summed E-state index contributed by atoms with van der Waals surface area (Å²) in [5.74, 6) is 0. The number of hydrogen-bond donors (Lipinski definition) is 0. The maximum absolute atomic E-state index is 2.29. The molecule has 0 aromatic heterocycles. The van der Waals surface area contributed by atoms with E-state index in [1.165, 1.54) is 66.1 Å². The van der Waals surface area contributed by atoms with Crippen LogP contribution in [0, 0.1) is 13.8 Å². The SMILES string of the molecule is Cc1ccc(-c2ccc3ccccc3c2-c2c(-c3ccc(C)cc3)ccc3ccccc23)cc1. The highest BCUT2D eigenvalue weighted by Crippen LogP contribution is 2.45. The molecule has 0 aliphatic heterocycles. The minimum absolute atomic E-state index is 1.24. The summed E-state index contributed by atoms with van der Waals surface area (Å²) in [6, 6.07) is 44.5. The average Bonchev–Trinajstić information content (AvgIpc) is 2.88. The van der Waals surface area contributed by atoms with E-state index in [1.807, 2.05) is 0 Å². The molecular weight excluding hydrogens is 408 g/mol. The molecule has 6 rings (SSSR count). The highest BCUT2D eigenvalue weighted by Gasteiger charge is 2.18. The molecule has 0 N–H and O–H groups in total. The molecule has 0 spiro atoms. The molecule has 6 aromatic rings. The van der Waals surface area contributed by atoms with E-state index in [4.69, 9.17) is 0 Å². The molecule has 6 aromatic carbocycles. The van der Waals surface area contributed by atoms with Crippen molar-refractivity contribution in [3.05, 3.63) is 132 Å². The van der Waals surface area contributed by atoms with Crippen molar-refractivity contribution < 1.29 is 0 Å². The Morgan fingerprint density at radius 3 is 1.15 bits per heavy atom. The zero-order valence-electron chi connectivity index (χ0n) is 19.5. The van der Waals surface area contributed by atoms with Crippen LogP contribution in [0.2, 0.25) is 0 Å². The zero-order chi connectivity index (χ0) is 23.1. The summed E-state index contributed by atoms with van der Waals surface area (Å²) in [7, 11) is 0. The summed E-state index contributed by atoms with van der Waals surface area (Å²) in [5.41, 5.74) is 10.2. The second-order valence-electron chi connectivity index (χ2n) is 9.15. The van der Waals surface area contributed by atoms with Gasteiger partial charge in [-0.05, 0) is 68.8 Å². The number of rotatable bonds is 3. The van der Waals surface area contributed by atoms with Crippen molar-refractivity contribution in [3.8, 4) is 33.4 Å². The van der Waals surface area contributed by atoms with Crippen LogP contribution in [0.1, 0.15) is 11.1 Å². The quantitative estimate of drug-likeness (QED) is 0.260. The van der Waals surface area contributed by atoms with Gasteiger partial charge in [-0.15, -0.1) is 0 Å². The van der Waals surface area contributed by atoms with Crippen molar-refractivity contribution in [1.29, 1.82) is 0 Å². The molecule has 0 amide bonds. The van der Waals surface area contributed by atoms with E-state index in [-0.39, 0.29) is 0 Å². The first kappa shape index (κ1) is 20.4. The third-order valence-electron chi connectivity index (χ3n) is 6.83. The molecule has 162 valence electrons. The normalized spacial score (nSPS) is 11.2. The van der Waals surface area contributed by atoms with Gasteiger partial charge in [0.1, 0.15) is 0 Å². The fourth-order valence-electron chi connectivity index (χ4n) is 5.03. The lowest BCUT2D eigenvalue weighted by atomic mass is 9.83. The van der Waals surface area contributed by atoms with Crippen LogP contribution >= 0.6 is 0 Å². The van der Waals surface area contributed by atoms with Crippen molar-refractivity contribution in [1.82, 2.24) is 0 Å². The van der Waals surface area contributed by atoms with Gasteiger partial charge < -0.3 is 0 Å². The number of fused-ring (bicyclic) bond motifs is 2. The van der Waals surface area contributed by atoms with Gasteiger partial charge in [0, 0.05) is 0 Å².